The molecule has 0 fully saturated rings. The van der Waals surface area contributed by atoms with Crippen LogP contribution in [0.1, 0.15) is 25.0 Å². The number of amides is 1. The third-order valence-corrected chi connectivity index (χ3v) is 4.14. The van der Waals surface area contributed by atoms with Gasteiger partial charge in [0.25, 0.3) is 0 Å². The second-order valence-electron chi connectivity index (χ2n) is 5.11. The fraction of sp³-hybridized carbons (Fsp3) is 0.562. The van der Waals surface area contributed by atoms with Crippen LogP contribution < -0.4 is 15.8 Å². The molecule has 0 spiro atoms. The first-order chi connectivity index (χ1) is 10.5. The van der Waals surface area contributed by atoms with E-state index in [0.29, 0.717) is 6.42 Å². The van der Waals surface area contributed by atoms with Crippen molar-refractivity contribution in [3.05, 3.63) is 29.8 Å². The largest absolute Gasteiger partial charge is 0.497 e. The van der Waals surface area contributed by atoms with E-state index < -0.39 is 6.04 Å². The lowest BCUT2D eigenvalue weighted by atomic mass is 10.0. The molecule has 5 nitrogen and oxygen atoms in total. The number of hydrogen-bond acceptors (Lipinski definition) is 5. The van der Waals surface area contributed by atoms with Crippen molar-refractivity contribution in [2.45, 2.75) is 31.5 Å². The topological polar surface area (TPSA) is 73.6 Å². The molecule has 0 aliphatic heterocycles. The van der Waals surface area contributed by atoms with Crippen molar-refractivity contribution in [3.63, 3.8) is 0 Å². The number of hydrogen-bond donors (Lipinski definition) is 2. The van der Waals surface area contributed by atoms with Gasteiger partial charge >= 0.3 is 0 Å². The van der Waals surface area contributed by atoms with Crippen LogP contribution in [0.2, 0.25) is 0 Å². The third-order valence-electron chi connectivity index (χ3n) is 3.49. The number of carbonyl (C=O) groups is 1. The SMILES string of the molecule is COc1ccc(C(OC)C(C)NC(=O)C(N)CCSC)cc1. The average molecular weight is 326 g/mol. The van der Waals surface area contributed by atoms with E-state index >= 15 is 0 Å². The zero-order valence-electron chi connectivity index (χ0n) is 13.7. The second-order valence-corrected chi connectivity index (χ2v) is 6.10. The second kappa shape index (κ2) is 9.71. The molecule has 1 aromatic carbocycles. The standard InChI is InChI=1S/C16H26N2O3S/c1-11(18-16(19)14(17)9-10-22-4)15(21-3)12-5-7-13(20-2)8-6-12/h5-8,11,14-15H,9-10,17H2,1-4H3,(H,18,19). The Morgan fingerprint density at radius 3 is 2.45 bits per heavy atom. The number of rotatable bonds is 9. The van der Waals surface area contributed by atoms with Crippen LogP contribution in [0.4, 0.5) is 0 Å². The number of thioether (sulfide) groups is 1. The number of benzene rings is 1. The van der Waals surface area contributed by atoms with Crippen LogP contribution in [0, 0.1) is 0 Å². The van der Waals surface area contributed by atoms with E-state index in [0.717, 1.165) is 17.1 Å². The van der Waals surface area contributed by atoms with Crippen molar-refractivity contribution in [3.8, 4) is 5.75 Å². The predicted octanol–water partition coefficient (Wildman–Crippen LogP) is 1.97. The molecule has 0 heterocycles. The summed E-state index contributed by atoms with van der Waals surface area (Å²) in [4.78, 5) is 12.1. The van der Waals surface area contributed by atoms with Crippen LogP contribution in [-0.2, 0) is 9.53 Å². The van der Waals surface area contributed by atoms with Crippen molar-refractivity contribution in [1.29, 1.82) is 0 Å². The molecule has 0 aromatic heterocycles. The van der Waals surface area contributed by atoms with E-state index in [-0.39, 0.29) is 18.1 Å². The Morgan fingerprint density at radius 2 is 1.95 bits per heavy atom. The first-order valence-corrected chi connectivity index (χ1v) is 8.64. The fourth-order valence-corrected chi connectivity index (χ4v) is 2.70. The Balaban J connectivity index is 2.66. The maximum atomic E-state index is 12.1. The van der Waals surface area contributed by atoms with E-state index in [4.69, 9.17) is 15.2 Å². The van der Waals surface area contributed by atoms with Gasteiger partial charge in [-0.3, -0.25) is 4.79 Å². The Hall–Kier alpha value is -1.24. The summed E-state index contributed by atoms with van der Waals surface area (Å²) in [5, 5.41) is 2.94. The summed E-state index contributed by atoms with van der Waals surface area (Å²) in [6.45, 7) is 1.91. The van der Waals surface area contributed by atoms with E-state index in [9.17, 15) is 4.79 Å². The minimum absolute atomic E-state index is 0.142. The third kappa shape index (κ3) is 5.51. The van der Waals surface area contributed by atoms with Crippen molar-refractivity contribution in [1.82, 2.24) is 5.32 Å². The molecule has 3 N–H and O–H groups in total. The van der Waals surface area contributed by atoms with Crippen LogP contribution in [0.25, 0.3) is 0 Å². The first-order valence-electron chi connectivity index (χ1n) is 7.25. The smallest absolute Gasteiger partial charge is 0.237 e. The fourth-order valence-electron chi connectivity index (χ4n) is 2.21. The zero-order valence-corrected chi connectivity index (χ0v) is 14.5. The molecule has 0 radical (unpaired) electrons. The van der Waals surface area contributed by atoms with Gasteiger partial charge in [0.1, 0.15) is 11.9 Å². The molecule has 0 saturated carbocycles. The average Bonchev–Trinajstić information content (AvgIpc) is 2.53. The molecule has 0 saturated heterocycles. The lowest BCUT2D eigenvalue weighted by Gasteiger charge is -2.25. The molecule has 124 valence electrons. The van der Waals surface area contributed by atoms with Gasteiger partial charge in [0.05, 0.1) is 19.2 Å². The van der Waals surface area contributed by atoms with Crippen molar-refractivity contribution >= 4 is 17.7 Å². The van der Waals surface area contributed by atoms with Crippen LogP contribution in [0.15, 0.2) is 24.3 Å². The Kier molecular flexibility index (Phi) is 8.30. The number of carbonyl (C=O) groups excluding carboxylic acids is 1. The molecule has 3 unspecified atom stereocenters. The van der Waals surface area contributed by atoms with E-state index in [1.165, 1.54) is 0 Å². The Bertz CT molecular complexity index is 453. The van der Waals surface area contributed by atoms with Crippen molar-refractivity contribution in [2.75, 3.05) is 26.2 Å². The molecular formula is C16H26N2O3S. The van der Waals surface area contributed by atoms with Gasteiger partial charge in [0, 0.05) is 7.11 Å². The molecule has 1 rings (SSSR count). The highest BCUT2D eigenvalue weighted by Gasteiger charge is 2.23. The van der Waals surface area contributed by atoms with Gasteiger partial charge in [-0.2, -0.15) is 11.8 Å². The van der Waals surface area contributed by atoms with Crippen LogP contribution in [0.3, 0.4) is 0 Å². The van der Waals surface area contributed by atoms with Gasteiger partial charge in [-0.1, -0.05) is 12.1 Å². The molecular weight excluding hydrogens is 300 g/mol. The number of nitrogens with one attached hydrogen (secondary N) is 1. The monoisotopic (exact) mass is 326 g/mol. The molecule has 1 amide bonds. The normalized spacial score (nSPS) is 15.0. The number of methoxy groups -OCH3 is 2. The van der Waals surface area contributed by atoms with Crippen LogP contribution in [-0.4, -0.2) is 44.2 Å². The lowest BCUT2D eigenvalue weighted by Crippen LogP contribution is -2.46. The van der Waals surface area contributed by atoms with Gasteiger partial charge in [0.15, 0.2) is 0 Å². The van der Waals surface area contributed by atoms with Crippen LogP contribution >= 0.6 is 11.8 Å². The van der Waals surface area contributed by atoms with Gasteiger partial charge in [-0.05, 0) is 43.0 Å². The highest BCUT2D eigenvalue weighted by Crippen LogP contribution is 2.23. The van der Waals surface area contributed by atoms with Gasteiger partial charge < -0.3 is 20.5 Å². The molecule has 22 heavy (non-hydrogen) atoms. The summed E-state index contributed by atoms with van der Waals surface area (Å²) in [6.07, 6.45) is 2.43. The van der Waals surface area contributed by atoms with Gasteiger partial charge in [-0.25, -0.2) is 0 Å². The minimum atomic E-state index is -0.483. The summed E-state index contributed by atoms with van der Waals surface area (Å²) < 4.78 is 10.7. The summed E-state index contributed by atoms with van der Waals surface area (Å²) >= 11 is 1.68. The van der Waals surface area contributed by atoms with Gasteiger partial charge in [-0.15, -0.1) is 0 Å². The van der Waals surface area contributed by atoms with Crippen LogP contribution in [0.5, 0.6) is 5.75 Å². The highest BCUT2D eigenvalue weighted by atomic mass is 32.2. The Labute approximate surface area is 136 Å². The minimum Gasteiger partial charge on any atom is -0.497 e. The highest BCUT2D eigenvalue weighted by molar-refractivity contribution is 7.98. The summed E-state index contributed by atoms with van der Waals surface area (Å²) in [5.41, 5.74) is 6.87. The maximum absolute atomic E-state index is 12.1. The molecule has 0 aliphatic rings. The molecule has 0 bridgehead atoms. The number of nitrogens with two attached hydrogens (primary N) is 1. The maximum Gasteiger partial charge on any atom is 0.237 e. The van der Waals surface area contributed by atoms with Crippen molar-refractivity contribution < 1.29 is 14.3 Å². The van der Waals surface area contributed by atoms with Crippen molar-refractivity contribution in [2.24, 2.45) is 5.73 Å². The Morgan fingerprint density at radius 1 is 1.32 bits per heavy atom. The van der Waals surface area contributed by atoms with E-state index in [1.54, 1.807) is 26.0 Å². The molecule has 6 heteroatoms. The summed E-state index contributed by atoms with van der Waals surface area (Å²) in [7, 11) is 3.26. The molecule has 0 aliphatic carbocycles. The molecule has 1 aromatic rings. The van der Waals surface area contributed by atoms with E-state index in [1.807, 2.05) is 37.4 Å². The quantitative estimate of drug-likeness (QED) is 0.726. The predicted molar refractivity (Wildman–Crippen MR) is 91.3 cm³/mol. The summed E-state index contributed by atoms with van der Waals surface area (Å²) in [6, 6.07) is 6.96. The molecule has 3 atom stereocenters. The number of ether oxygens (including phenoxy) is 2. The zero-order chi connectivity index (χ0) is 16.5. The first kappa shape index (κ1) is 18.8. The van der Waals surface area contributed by atoms with Gasteiger partial charge in [0.2, 0.25) is 5.91 Å². The lowest BCUT2D eigenvalue weighted by molar-refractivity contribution is -0.124. The summed E-state index contributed by atoms with van der Waals surface area (Å²) in [5.74, 6) is 1.52. The van der Waals surface area contributed by atoms with E-state index in [2.05, 4.69) is 5.32 Å².